The molecule has 4 heteroatoms. The summed E-state index contributed by atoms with van der Waals surface area (Å²) in [6.45, 7) is 6.04. The van der Waals surface area contributed by atoms with E-state index in [4.69, 9.17) is 5.73 Å². The van der Waals surface area contributed by atoms with Gasteiger partial charge in [0.25, 0.3) is 0 Å². The van der Waals surface area contributed by atoms with E-state index in [-0.39, 0.29) is 11.9 Å². The van der Waals surface area contributed by atoms with Crippen molar-refractivity contribution in [1.82, 2.24) is 5.32 Å². The number of nitrogens with one attached hydrogen (secondary N) is 1. The summed E-state index contributed by atoms with van der Waals surface area (Å²) < 4.78 is 0. The number of urea groups is 1. The number of carbonyl (C=O) groups is 1. The summed E-state index contributed by atoms with van der Waals surface area (Å²) in [5, 5.41) is 2.80. The molecule has 3 N–H and O–H groups in total. The second-order valence-corrected chi connectivity index (χ2v) is 3.41. The van der Waals surface area contributed by atoms with Gasteiger partial charge in [-0.25, -0.2) is 4.79 Å². The second-order valence-electron chi connectivity index (χ2n) is 3.41. The lowest BCUT2D eigenvalue weighted by Crippen LogP contribution is -2.55. The fourth-order valence-corrected chi connectivity index (χ4v) is 1.61. The molecule has 4 nitrogen and oxygen atoms in total. The van der Waals surface area contributed by atoms with Crippen LogP contribution in [0.1, 0.15) is 27.2 Å². The molecule has 0 radical (unpaired) electrons. The van der Waals surface area contributed by atoms with Gasteiger partial charge in [0.15, 0.2) is 0 Å². The highest BCUT2D eigenvalue weighted by atomic mass is 16.2. The average molecular weight is 169 g/mol. The molecule has 1 aliphatic rings. The largest absolute Gasteiger partial charge is 0.385 e. The predicted molar refractivity (Wildman–Crippen MR) is 48.0 cm³/mol. The van der Waals surface area contributed by atoms with E-state index in [0.29, 0.717) is 5.84 Å². The molecule has 1 atom stereocenters. The van der Waals surface area contributed by atoms with Crippen LogP contribution in [0.15, 0.2) is 4.99 Å². The molecule has 0 aromatic carbocycles. The van der Waals surface area contributed by atoms with Gasteiger partial charge in [-0.3, -0.25) is 0 Å². The van der Waals surface area contributed by atoms with Gasteiger partial charge in [0.1, 0.15) is 11.4 Å². The minimum Gasteiger partial charge on any atom is -0.385 e. The van der Waals surface area contributed by atoms with Gasteiger partial charge in [-0.1, -0.05) is 20.8 Å². The molecule has 1 heterocycles. The quantitative estimate of drug-likeness (QED) is 0.644. The second kappa shape index (κ2) is 2.77. The summed E-state index contributed by atoms with van der Waals surface area (Å²) in [4.78, 5) is 14.6. The molecular weight excluding hydrogens is 154 g/mol. The van der Waals surface area contributed by atoms with E-state index in [1.807, 2.05) is 20.8 Å². The Morgan fingerprint density at radius 1 is 1.67 bits per heavy atom. The number of hydrogen-bond acceptors (Lipinski definition) is 2. The van der Waals surface area contributed by atoms with Crippen LogP contribution in [0, 0.1) is 5.92 Å². The van der Waals surface area contributed by atoms with Crippen molar-refractivity contribution in [1.29, 1.82) is 0 Å². The van der Waals surface area contributed by atoms with Crippen LogP contribution in [0.2, 0.25) is 0 Å². The minimum absolute atomic E-state index is 0.276. The molecule has 0 saturated heterocycles. The number of amides is 2. The SMILES string of the molecule is CCC1(C(C)C)NC(=O)N=C1N. The molecule has 0 saturated carbocycles. The van der Waals surface area contributed by atoms with Crippen LogP contribution in [-0.4, -0.2) is 17.4 Å². The van der Waals surface area contributed by atoms with Gasteiger partial charge in [-0.2, -0.15) is 4.99 Å². The first-order valence-corrected chi connectivity index (χ1v) is 4.19. The number of amidine groups is 1. The Hall–Kier alpha value is -1.06. The molecule has 2 amide bonds. The van der Waals surface area contributed by atoms with Gasteiger partial charge in [0, 0.05) is 0 Å². The van der Waals surface area contributed by atoms with Crippen LogP contribution >= 0.6 is 0 Å². The first-order valence-electron chi connectivity index (χ1n) is 4.19. The Morgan fingerprint density at radius 2 is 2.25 bits per heavy atom. The van der Waals surface area contributed by atoms with Crippen molar-refractivity contribution in [3.05, 3.63) is 0 Å². The Morgan fingerprint density at radius 3 is 2.42 bits per heavy atom. The molecule has 0 bridgehead atoms. The molecular formula is C8H15N3O. The van der Waals surface area contributed by atoms with E-state index in [2.05, 4.69) is 10.3 Å². The van der Waals surface area contributed by atoms with E-state index >= 15 is 0 Å². The van der Waals surface area contributed by atoms with E-state index in [1.165, 1.54) is 0 Å². The van der Waals surface area contributed by atoms with Crippen molar-refractivity contribution < 1.29 is 4.79 Å². The molecule has 1 aliphatic heterocycles. The normalized spacial score (nSPS) is 29.0. The Bertz CT molecular complexity index is 234. The average Bonchev–Trinajstić information content (AvgIpc) is 2.26. The van der Waals surface area contributed by atoms with Crippen LogP contribution in [0.5, 0.6) is 0 Å². The third kappa shape index (κ3) is 1.07. The lowest BCUT2D eigenvalue weighted by Gasteiger charge is -2.31. The number of carbonyl (C=O) groups excluding carboxylic acids is 1. The summed E-state index contributed by atoms with van der Waals surface area (Å²) in [6.07, 6.45) is 0.783. The van der Waals surface area contributed by atoms with E-state index in [9.17, 15) is 4.79 Å². The lowest BCUT2D eigenvalue weighted by molar-refractivity contribution is 0.239. The number of nitrogens with two attached hydrogens (primary N) is 1. The van der Waals surface area contributed by atoms with Crippen LogP contribution in [0.3, 0.4) is 0 Å². The molecule has 1 rings (SSSR count). The summed E-state index contributed by atoms with van der Waals surface area (Å²) in [7, 11) is 0. The zero-order valence-corrected chi connectivity index (χ0v) is 7.72. The van der Waals surface area contributed by atoms with E-state index in [1.54, 1.807) is 0 Å². The molecule has 68 valence electrons. The van der Waals surface area contributed by atoms with Crippen LogP contribution < -0.4 is 11.1 Å². The van der Waals surface area contributed by atoms with Crippen LogP contribution in [0.25, 0.3) is 0 Å². The number of aliphatic imine (C=N–C) groups is 1. The number of hydrogen-bond donors (Lipinski definition) is 2. The highest BCUT2D eigenvalue weighted by Gasteiger charge is 2.42. The first-order chi connectivity index (χ1) is 5.53. The van der Waals surface area contributed by atoms with Crippen LogP contribution in [0.4, 0.5) is 4.79 Å². The summed E-state index contributed by atoms with van der Waals surface area (Å²) in [6, 6.07) is -0.317. The highest BCUT2D eigenvalue weighted by Crippen LogP contribution is 2.24. The fraction of sp³-hybridized carbons (Fsp3) is 0.750. The molecule has 0 aromatic rings. The molecule has 0 aromatic heterocycles. The predicted octanol–water partition coefficient (Wildman–Crippen LogP) is 0.872. The smallest absolute Gasteiger partial charge is 0.343 e. The fourth-order valence-electron chi connectivity index (χ4n) is 1.61. The van der Waals surface area contributed by atoms with Gasteiger partial charge < -0.3 is 11.1 Å². The molecule has 12 heavy (non-hydrogen) atoms. The summed E-state index contributed by atoms with van der Waals surface area (Å²) in [5.74, 6) is 0.697. The van der Waals surface area contributed by atoms with Crippen molar-refractivity contribution in [2.24, 2.45) is 16.6 Å². The maximum Gasteiger partial charge on any atom is 0.343 e. The summed E-state index contributed by atoms with van der Waals surface area (Å²) in [5.41, 5.74) is 5.28. The van der Waals surface area contributed by atoms with Gasteiger partial charge in [-0.15, -0.1) is 0 Å². The van der Waals surface area contributed by atoms with Gasteiger partial charge >= 0.3 is 6.03 Å². The third-order valence-corrected chi connectivity index (χ3v) is 2.55. The molecule has 0 spiro atoms. The van der Waals surface area contributed by atoms with E-state index in [0.717, 1.165) is 6.42 Å². The molecule has 0 aliphatic carbocycles. The minimum atomic E-state index is -0.406. The van der Waals surface area contributed by atoms with E-state index < -0.39 is 5.54 Å². The lowest BCUT2D eigenvalue weighted by atomic mass is 9.83. The maximum atomic E-state index is 11.0. The zero-order chi connectivity index (χ0) is 9.35. The third-order valence-electron chi connectivity index (χ3n) is 2.55. The van der Waals surface area contributed by atoms with Crippen molar-refractivity contribution in [2.45, 2.75) is 32.7 Å². The van der Waals surface area contributed by atoms with Gasteiger partial charge in [0.05, 0.1) is 0 Å². The standard InChI is InChI=1S/C8H15N3O/c1-4-8(5(2)3)6(9)10-7(12)11-8/h5H,4H2,1-3H3,(H3,9,10,11,12). The van der Waals surface area contributed by atoms with Gasteiger partial charge in [0.2, 0.25) is 0 Å². The Labute approximate surface area is 72.2 Å². The first kappa shape index (κ1) is 9.03. The maximum absolute atomic E-state index is 11.0. The monoisotopic (exact) mass is 169 g/mol. The van der Waals surface area contributed by atoms with Gasteiger partial charge in [-0.05, 0) is 12.3 Å². The van der Waals surface area contributed by atoms with Crippen LogP contribution in [-0.2, 0) is 0 Å². The van der Waals surface area contributed by atoms with Crippen molar-refractivity contribution in [3.63, 3.8) is 0 Å². The van der Waals surface area contributed by atoms with Crippen molar-refractivity contribution in [2.75, 3.05) is 0 Å². The molecule has 1 unspecified atom stereocenters. The summed E-state index contributed by atoms with van der Waals surface area (Å²) >= 11 is 0. The Kier molecular flexibility index (Phi) is 2.08. The topological polar surface area (TPSA) is 67.5 Å². The van der Waals surface area contributed by atoms with Crippen molar-refractivity contribution >= 4 is 11.9 Å². The van der Waals surface area contributed by atoms with Crippen molar-refractivity contribution in [3.8, 4) is 0 Å². The zero-order valence-electron chi connectivity index (χ0n) is 7.72. The molecule has 0 fully saturated rings. The Balaban J connectivity index is 2.98. The highest BCUT2D eigenvalue weighted by molar-refractivity contribution is 6.05. The number of rotatable bonds is 2. The number of nitrogens with zero attached hydrogens (tertiary/aromatic N) is 1.